The van der Waals surface area contributed by atoms with Gasteiger partial charge in [0.25, 0.3) is 0 Å². The number of hydrogen-bond acceptors (Lipinski definition) is 4. The third-order valence-corrected chi connectivity index (χ3v) is 6.00. The molecule has 1 N–H and O–H groups in total. The average Bonchev–Trinajstić information content (AvgIpc) is 2.74. The fourth-order valence-electron chi connectivity index (χ4n) is 1.61. The Kier molecular flexibility index (Phi) is 4.07. The zero-order chi connectivity index (χ0) is 14.0. The van der Waals surface area contributed by atoms with Gasteiger partial charge in [0, 0.05) is 14.7 Å². The molecule has 0 aliphatic heterocycles. The van der Waals surface area contributed by atoms with Gasteiger partial charge in [0.1, 0.15) is 0 Å². The van der Waals surface area contributed by atoms with E-state index in [2.05, 4.69) is 15.9 Å². The maximum Gasteiger partial charge on any atom is 0.337 e. The van der Waals surface area contributed by atoms with Crippen molar-refractivity contribution in [1.82, 2.24) is 0 Å². The minimum Gasteiger partial charge on any atom is -0.478 e. The van der Waals surface area contributed by atoms with Gasteiger partial charge in [0.05, 0.1) is 16.2 Å². The summed E-state index contributed by atoms with van der Waals surface area (Å²) in [5.74, 6) is -1.44. The first-order valence-electron chi connectivity index (χ1n) is 5.18. The molecule has 0 amide bonds. The van der Waals surface area contributed by atoms with E-state index in [1.807, 2.05) is 0 Å². The van der Waals surface area contributed by atoms with Gasteiger partial charge in [-0.15, -0.1) is 11.3 Å². The molecule has 0 aliphatic rings. The summed E-state index contributed by atoms with van der Waals surface area (Å²) in [5, 5.41) is 10.8. The summed E-state index contributed by atoms with van der Waals surface area (Å²) in [6, 6.07) is 7.35. The van der Waals surface area contributed by atoms with Crippen LogP contribution < -0.4 is 0 Å². The zero-order valence-electron chi connectivity index (χ0n) is 9.54. The predicted octanol–water partition coefficient (Wildman–Crippen LogP) is 3.18. The first kappa shape index (κ1) is 14.2. The van der Waals surface area contributed by atoms with E-state index in [-0.39, 0.29) is 16.2 Å². The molecule has 0 unspecified atom stereocenters. The van der Waals surface area contributed by atoms with Crippen molar-refractivity contribution < 1.29 is 18.3 Å². The van der Waals surface area contributed by atoms with E-state index >= 15 is 0 Å². The Morgan fingerprint density at radius 1 is 1.32 bits per heavy atom. The summed E-state index contributed by atoms with van der Waals surface area (Å²) in [4.78, 5) is 11.6. The Bertz CT molecular complexity index is 719. The van der Waals surface area contributed by atoms with Gasteiger partial charge in [-0.1, -0.05) is 12.1 Å². The molecule has 2 rings (SSSR count). The molecule has 7 heteroatoms. The van der Waals surface area contributed by atoms with Crippen LogP contribution >= 0.6 is 27.3 Å². The molecule has 100 valence electrons. The van der Waals surface area contributed by atoms with Crippen LogP contribution in [0, 0.1) is 0 Å². The summed E-state index contributed by atoms with van der Waals surface area (Å²) in [7, 11) is -3.67. The largest absolute Gasteiger partial charge is 0.478 e. The molecule has 0 spiro atoms. The van der Waals surface area contributed by atoms with E-state index in [9.17, 15) is 13.2 Å². The minimum absolute atomic E-state index is 0.146. The van der Waals surface area contributed by atoms with Crippen LogP contribution in [0.5, 0.6) is 0 Å². The van der Waals surface area contributed by atoms with Gasteiger partial charge < -0.3 is 5.11 Å². The number of carbonyl (C=O) groups is 1. The molecule has 0 saturated heterocycles. The summed E-state index contributed by atoms with van der Waals surface area (Å²) in [6.07, 6.45) is 0. The van der Waals surface area contributed by atoms with Crippen molar-refractivity contribution in [2.45, 2.75) is 10.6 Å². The number of sulfone groups is 1. The molecule has 4 nitrogen and oxygen atoms in total. The monoisotopic (exact) mass is 360 g/mol. The molecular weight excluding hydrogens is 352 g/mol. The molecular formula is C12H9BrO4S2. The number of halogens is 1. The van der Waals surface area contributed by atoms with Crippen LogP contribution in [-0.4, -0.2) is 19.5 Å². The van der Waals surface area contributed by atoms with Gasteiger partial charge in [-0.2, -0.15) is 0 Å². The Morgan fingerprint density at radius 2 is 2.00 bits per heavy atom. The molecule has 1 heterocycles. The quantitative estimate of drug-likeness (QED) is 0.908. The number of benzene rings is 1. The normalized spacial score (nSPS) is 11.4. The summed E-state index contributed by atoms with van der Waals surface area (Å²) >= 11 is 4.57. The SMILES string of the molecule is O=C(O)c1ccccc1S(=O)(=O)Cc1cc(Br)cs1. The highest BCUT2D eigenvalue weighted by atomic mass is 79.9. The van der Waals surface area contributed by atoms with Gasteiger partial charge in [-0.05, 0) is 34.1 Å². The summed E-state index contributed by atoms with van der Waals surface area (Å²) in [5.41, 5.74) is -0.196. The number of carboxylic acid groups (broad SMARTS) is 1. The van der Waals surface area contributed by atoms with E-state index < -0.39 is 15.8 Å². The van der Waals surface area contributed by atoms with Crippen LogP contribution in [0.3, 0.4) is 0 Å². The van der Waals surface area contributed by atoms with Crippen molar-refractivity contribution in [3.63, 3.8) is 0 Å². The van der Waals surface area contributed by atoms with Crippen molar-refractivity contribution in [2.75, 3.05) is 0 Å². The Labute approximate surface area is 122 Å². The van der Waals surface area contributed by atoms with Crippen LogP contribution in [0.25, 0.3) is 0 Å². The van der Waals surface area contributed by atoms with Crippen molar-refractivity contribution in [2.24, 2.45) is 0 Å². The van der Waals surface area contributed by atoms with Crippen LogP contribution in [0.4, 0.5) is 0 Å². The highest BCUT2D eigenvalue weighted by molar-refractivity contribution is 9.10. The molecule has 1 aromatic heterocycles. The lowest BCUT2D eigenvalue weighted by atomic mass is 10.2. The Hall–Kier alpha value is -1.18. The number of thiophene rings is 1. The lowest BCUT2D eigenvalue weighted by Crippen LogP contribution is -2.10. The summed E-state index contributed by atoms with van der Waals surface area (Å²) in [6.45, 7) is 0. The van der Waals surface area contributed by atoms with Crippen molar-refractivity contribution >= 4 is 43.1 Å². The molecule has 0 fully saturated rings. The maximum absolute atomic E-state index is 12.3. The van der Waals surface area contributed by atoms with E-state index in [0.717, 1.165) is 4.47 Å². The fourth-order valence-corrected chi connectivity index (χ4v) is 4.97. The number of hydrogen-bond donors (Lipinski definition) is 1. The van der Waals surface area contributed by atoms with Gasteiger partial charge in [0.15, 0.2) is 9.84 Å². The van der Waals surface area contributed by atoms with Crippen molar-refractivity contribution in [3.8, 4) is 0 Å². The van der Waals surface area contributed by atoms with E-state index in [1.54, 1.807) is 11.4 Å². The van der Waals surface area contributed by atoms with Gasteiger partial charge >= 0.3 is 5.97 Å². The van der Waals surface area contributed by atoms with E-state index in [4.69, 9.17) is 5.11 Å². The van der Waals surface area contributed by atoms with E-state index in [0.29, 0.717) is 4.88 Å². The minimum atomic E-state index is -3.67. The van der Waals surface area contributed by atoms with Crippen LogP contribution in [0.1, 0.15) is 15.2 Å². The molecule has 1 aromatic carbocycles. The predicted molar refractivity (Wildman–Crippen MR) is 76.3 cm³/mol. The molecule has 0 aliphatic carbocycles. The third kappa shape index (κ3) is 3.23. The smallest absolute Gasteiger partial charge is 0.337 e. The van der Waals surface area contributed by atoms with Gasteiger partial charge in [-0.25, -0.2) is 13.2 Å². The van der Waals surface area contributed by atoms with Crippen molar-refractivity contribution in [3.05, 3.63) is 50.6 Å². The topological polar surface area (TPSA) is 71.4 Å². The molecule has 0 atom stereocenters. The second-order valence-corrected chi connectivity index (χ2v) is 7.66. The maximum atomic E-state index is 12.3. The second-order valence-electron chi connectivity index (χ2n) is 3.79. The Balaban J connectivity index is 2.43. The summed E-state index contributed by atoms with van der Waals surface area (Å²) < 4.78 is 25.3. The average molecular weight is 361 g/mol. The fraction of sp³-hybridized carbons (Fsp3) is 0.0833. The zero-order valence-corrected chi connectivity index (χ0v) is 12.8. The van der Waals surface area contributed by atoms with Crippen LogP contribution in [-0.2, 0) is 15.6 Å². The molecule has 2 aromatic rings. The lowest BCUT2D eigenvalue weighted by Gasteiger charge is -2.06. The molecule has 0 saturated carbocycles. The number of rotatable bonds is 4. The number of aromatic carboxylic acids is 1. The van der Waals surface area contributed by atoms with Crippen LogP contribution in [0.15, 0.2) is 45.1 Å². The first-order chi connectivity index (χ1) is 8.90. The third-order valence-electron chi connectivity index (χ3n) is 2.41. The standard InChI is InChI=1S/C12H9BrO4S2/c13-8-5-9(18-6-8)7-19(16,17)11-4-2-1-3-10(11)12(14)15/h1-6H,7H2,(H,14,15). The first-order valence-corrected chi connectivity index (χ1v) is 8.50. The van der Waals surface area contributed by atoms with Crippen molar-refractivity contribution in [1.29, 1.82) is 0 Å². The lowest BCUT2D eigenvalue weighted by molar-refractivity contribution is 0.0692. The highest BCUT2D eigenvalue weighted by Gasteiger charge is 2.22. The Morgan fingerprint density at radius 3 is 2.58 bits per heavy atom. The highest BCUT2D eigenvalue weighted by Crippen LogP contribution is 2.26. The molecule has 0 bridgehead atoms. The molecule has 19 heavy (non-hydrogen) atoms. The second kappa shape index (κ2) is 5.44. The number of carboxylic acids is 1. The molecule has 0 radical (unpaired) electrons. The van der Waals surface area contributed by atoms with E-state index in [1.165, 1.54) is 35.6 Å². The van der Waals surface area contributed by atoms with Crippen LogP contribution in [0.2, 0.25) is 0 Å². The van der Waals surface area contributed by atoms with Gasteiger partial charge in [0.2, 0.25) is 0 Å². The van der Waals surface area contributed by atoms with Gasteiger partial charge in [-0.3, -0.25) is 0 Å².